The summed E-state index contributed by atoms with van der Waals surface area (Å²) < 4.78 is 5.11. The molecular weight excluding hydrogens is 180 g/mol. The molecule has 1 radical (unpaired) electrons. The predicted octanol–water partition coefficient (Wildman–Crippen LogP) is 2.09. The molecule has 4 heteroatoms. The molecule has 1 heterocycles. The number of ether oxygens (including phenoxy) is 1. The number of nitrogens with zero attached hydrogens (tertiary/aromatic N) is 2. The monoisotopic (exact) mass is 189 g/mol. The van der Waals surface area contributed by atoms with E-state index in [0.29, 0.717) is 22.5 Å². The lowest BCUT2D eigenvalue weighted by Gasteiger charge is -2.04. The van der Waals surface area contributed by atoms with Crippen LogP contribution in [0.2, 0.25) is 0 Å². The standard InChI is InChI=1S/C10H9N2O2/c1-6-11-9-7(10(13)12-6)4-3-5-8(9)14-2/h3-5H,1-2H3. The zero-order valence-corrected chi connectivity index (χ0v) is 7.94. The largest absolute Gasteiger partial charge is 0.494 e. The molecule has 2 aromatic rings. The lowest BCUT2D eigenvalue weighted by Crippen LogP contribution is -1.92. The molecule has 0 unspecified atom stereocenters. The Kier molecular flexibility index (Phi) is 1.96. The summed E-state index contributed by atoms with van der Waals surface area (Å²) in [4.78, 5) is 7.93. The molecule has 2 rings (SSSR count). The highest BCUT2D eigenvalue weighted by Crippen LogP contribution is 2.28. The van der Waals surface area contributed by atoms with Crippen LogP contribution in [0.15, 0.2) is 18.2 Å². The molecule has 71 valence electrons. The maximum Gasteiger partial charge on any atom is 0.281 e. The first-order valence-electron chi connectivity index (χ1n) is 4.20. The maximum absolute atomic E-state index is 11.5. The average molecular weight is 189 g/mol. The lowest BCUT2D eigenvalue weighted by molar-refractivity contribution is 0.341. The molecule has 0 spiro atoms. The van der Waals surface area contributed by atoms with E-state index in [9.17, 15) is 5.11 Å². The van der Waals surface area contributed by atoms with Crippen molar-refractivity contribution >= 4 is 10.9 Å². The van der Waals surface area contributed by atoms with Gasteiger partial charge >= 0.3 is 0 Å². The van der Waals surface area contributed by atoms with Crippen molar-refractivity contribution in [1.29, 1.82) is 0 Å². The number of methoxy groups -OCH3 is 1. The molecule has 0 saturated heterocycles. The third-order valence-corrected chi connectivity index (χ3v) is 1.99. The molecule has 0 saturated carbocycles. The van der Waals surface area contributed by atoms with E-state index in [4.69, 9.17) is 4.74 Å². The van der Waals surface area contributed by atoms with E-state index in [1.165, 1.54) is 0 Å². The Morgan fingerprint density at radius 2 is 2.07 bits per heavy atom. The molecule has 0 fully saturated rings. The van der Waals surface area contributed by atoms with E-state index >= 15 is 0 Å². The Hall–Kier alpha value is -1.84. The lowest BCUT2D eigenvalue weighted by atomic mass is 10.2. The number of para-hydroxylation sites is 1. The van der Waals surface area contributed by atoms with Gasteiger partial charge in [-0.25, -0.2) is 4.98 Å². The van der Waals surface area contributed by atoms with Crippen LogP contribution in [0, 0.1) is 6.92 Å². The zero-order valence-electron chi connectivity index (χ0n) is 7.94. The minimum Gasteiger partial charge on any atom is -0.494 e. The number of fused-ring (bicyclic) bond motifs is 1. The fraction of sp³-hybridized carbons (Fsp3) is 0.200. The topological polar surface area (TPSA) is 54.9 Å². The van der Waals surface area contributed by atoms with Gasteiger partial charge in [0.05, 0.1) is 12.5 Å². The predicted molar refractivity (Wildman–Crippen MR) is 51.0 cm³/mol. The van der Waals surface area contributed by atoms with Crippen LogP contribution in [0.1, 0.15) is 5.82 Å². The highest BCUT2D eigenvalue weighted by atomic mass is 16.5. The number of aryl methyl sites for hydroxylation is 1. The van der Waals surface area contributed by atoms with E-state index < -0.39 is 0 Å². The Balaban J connectivity index is 2.86. The van der Waals surface area contributed by atoms with Gasteiger partial charge in [-0.3, -0.25) is 5.11 Å². The maximum atomic E-state index is 11.5. The van der Waals surface area contributed by atoms with Gasteiger partial charge in [-0.2, -0.15) is 4.98 Å². The summed E-state index contributed by atoms with van der Waals surface area (Å²) in [6, 6.07) is 5.22. The van der Waals surface area contributed by atoms with Crippen molar-refractivity contribution in [2.75, 3.05) is 7.11 Å². The summed E-state index contributed by atoms with van der Waals surface area (Å²) in [6.45, 7) is 1.69. The molecule has 0 aliphatic rings. The van der Waals surface area contributed by atoms with Gasteiger partial charge < -0.3 is 4.74 Å². The van der Waals surface area contributed by atoms with Gasteiger partial charge in [0.15, 0.2) is 0 Å². The van der Waals surface area contributed by atoms with Crippen molar-refractivity contribution < 1.29 is 9.84 Å². The Morgan fingerprint density at radius 1 is 1.29 bits per heavy atom. The summed E-state index contributed by atoms with van der Waals surface area (Å²) in [5, 5.41) is 12.0. The number of hydrogen-bond donors (Lipinski definition) is 0. The molecule has 0 aliphatic heterocycles. The summed E-state index contributed by atoms with van der Waals surface area (Å²) in [5.41, 5.74) is 0.576. The second-order valence-corrected chi connectivity index (χ2v) is 2.93. The minimum atomic E-state index is -0.258. The van der Waals surface area contributed by atoms with Gasteiger partial charge in [0.1, 0.15) is 17.1 Å². The third kappa shape index (κ3) is 1.25. The molecule has 0 N–H and O–H groups in total. The van der Waals surface area contributed by atoms with Gasteiger partial charge in [0.2, 0.25) is 0 Å². The quantitative estimate of drug-likeness (QED) is 0.690. The third-order valence-electron chi connectivity index (χ3n) is 1.99. The van der Waals surface area contributed by atoms with E-state index in [1.54, 1.807) is 32.2 Å². The van der Waals surface area contributed by atoms with E-state index in [2.05, 4.69) is 9.97 Å². The summed E-state index contributed by atoms with van der Waals surface area (Å²) in [5.74, 6) is 0.809. The molecule has 1 aromatic carbocycles. The van der Waals surface area contributed by atoms with Crippen molar-refractivity contribution in [1.82, 2.24) is 9.97 Å². The van der Waals surface area contributed by atoms with Crippen LogP contribution in [-0.2, 0) is 5.11 Å². The van der Waals surface area contributed by atoms with Crippen LogP contribution in [0.25, 0.3) is 10.9 Å². The molecule has 0 amide bonds. The van der Waals surface area contributed by atoms with Crippen molar-refractivity contribution in [2.24, 2.45) is 0 Å². The molecule has 4 nitrogen and oxygen atoms in total. The van der Waals surface area contributed by atoms with Gasteiger partial charge in [-0.15, -0.1) is 0 Å². The van der Waals surface area contributed by atoms with E-state index in [1.807, 2.05) is 0 Å². The molecule has 14 heavy (non-hydrogen) atoms. The van der Waals surface area contributed by atoms with Gasteiger partial charge in [-0.05, 0) is 19.1 Å². The van der Waals surface area contributed by atoms with Gasteiger partial charge in [-0.1, -0.05) is 6.07 Å². The van der Waals surface area contributed by atoms with Crippen molar-refractivity contribution in [3.8, 4) is 11.6 Å². The van der Waals surface area contributed by atoms with Crippen LogP contribution < -0.4 is 4.74 Å². The van der Waals surface area contributed by atoms with Crippen molar-refractivity contribution in [2.45, 2.75) is 6.92 Å². The number of rotatable bonds is 1. The number of benzene rings is 1. The summed E-state index contributed by atoms with van der Waals surface area (Å²) >= 11 is 0. The molecule has 0 bridgehead atoms. The van der Waals surface area contributed by atoms with E-state index in [-0.39, 0.29) is 5.88 Å². The molecule has 1 aromatic heterocycles. The van der Waals surface area contributed by atoms with Crippen molar-refractivity contribution in [3.63, 3.8) is 0 Å². The first-order chi connectivity index (χ1) is 6.72. The van der Waals surface area contributed by atoms with Crippen LogP contribution in [0.3, 0.4) is 0 Å². The highest BCUT2D eigenvalue weighted by Gasteiger charge is 2.09. The fourth-order valence-electron chi connectivity index (χ4n) is 1.37. The second-order valence-electron chi connectivity index (χ2n) is 2.93. The number of hydrogen-bond acceptors (Lipinski definition) is 3. The fourth-order valence-corrected chi connectivity index (χ4v) is 1.37. The molecule has 0 atom stereocenters. The first-order valence-corrected chi connectivity index (χ1v) is 4.20. The molecular formula is C10H9N2O2. The average Bonchev–Trinajstić information content (AvgIpc) is 2.17. The van der Waals surface area contributed by atoms with Crippen LogP contribution in [0.4, 0.5) is 0 Å². The smallest absolute Gasteiger partial charge is 0.281 e. The SMILES string of the molecule is COc1cccc2c([O])nc(C)nc12. The Bertz CT molecular complexity index is 483. The van der Waals surface area contributed by atoms with Crippen molar-refractivity contribution in [3.05, 3.63) is 24.0 Å². The summed E-state index contributed by atoms with van der Waals surface area (Å²) in [7, 11) is 1.55. The normalized spacial score (nSPS) is 10.4. The van der Waals surface area contributed by atoms with Crippen LogP contribution in [0.5, 0.6) is 11.6 Å². The van der Waals surface area contributed by atoms with Crippen LogP contribution in [-0.4, -0.2) is 17.1 Å². The number of aromatic nitrogens is 2. The summed E-state index contributed by atoms with van der Waals surface area (Å²) in [6.07, 6.45) is 0. The Labute approximate surface area is 81.2 Å². The zero-order chi connectivity index (χ0) is 10.1. The van der Waals surface area contributed by atoms with Gasteiger partial charge in [0, 0.05) is 0 Å². The van der Waals surface area contributed by atoms with E-state index in [0.717, 1.165) is 0 Å². The minimum absolute atomic E-state index is 0.258. The van der Waals surface area contributed by atoms with Crippen LogP contribution >= 0.6 is 0 Å². The second kappa shape index (κ2) is 3.14. The first kappa shape index (κ1) is 8.74. The highest BCUT2D eigenvalue weighted by molar-refractivity contribution is 5.88. The Morgan fingerprint density at radius 3 is 2.79 bits per heavy atom. The molecule has 0 aliphatic carbocycles. The van der Waals surface area contributed by atoms with Gasteiger partial charge in [0.25, 0.3) is 5.88 Å².